The van der Waals surface area contributed by atoms with Gasteiger partial charge in [-0.2, -0.15) is 0 Å². The molecule has 0 spiro atoms. The predicted molar refractivity (Wildman–Crippen MR) is 62.6 cm³/mol. The normalized spacial score (nSPS) is 28.3. The quantitative estimate of drug-likeness (QED) is 0.662. The third-order valence-electron chi connectivity index (χ3n) is 3.05. The van der Waals surface area contributed by atoms with E-state index in [4.69, 9.17) is 0 Å². The van der Waals surface area contributed by atoms with Gasteiger partial charge in [-0.25, -0.2) is 0 Å². The predicted octanol–water partition coefficient (Wildman–Crippen LogP) is 2.15. The van der Waals surface area contributed by atoms with Crippen molar-refractivity contribution in [3.8, 4) is 0 Å². The highest BCUT2D eigenvalue weighted by atomic mass is 15.0. The summed E-state index contributed by atoms with van der Waals surface area (Å²) in [6, 6.07) is 1.40. The van der Waals surface area contributed by atoms with Crippen molar-refractivity contribution >= 4 is 0 Å². The summed E-state index contributed by atoms with van der Waals surface area (Å²) >= 11 is 0. The lowest BCUT2D eigenvalue weighted by atomic mass is 9.87. The van der Waals surface area contributed by atoms with Crippen molar-refractivity contribution in [2.45, 2.75) is 58.5 Å². The Morgan fingerprint density at radius 2 is 2.00 bits per heavy atom. The molecule has 14 heavy (non-hydrogen) atoms. The number of rotatable bonds is 5. The van der Waals surface area contributed by atoms with Crippen molar-refractivity contribution in [3.63, 3.8) is 0 Å². The molecule has 0 aliphatic heterocycles. The minimum atomic E-state index is 0.613. The minimum Gasteiger partial charge on any atom is -0.313 e. The van der Waals surface area contributed by atoms with Crippen molar-refractivity contribution in [3.05, 3.63) is 0 Å². The Balaban J connectivity index is 2.00. The summed E-state index contributed by atoms with van der Waals surface area (Å²) in [6.45, 7) is 8.99. The monoisotopic (exact) mass is 198 g/mol. The van der Waals surface area contributed by atoms with Gasteiger partial charge in [-0.1, -0.05) is 33.6 Å². The van der Waals surface area contributed by atoms with Crippen molar-refractivity contribution in [1.29, 1.82) is 0 Å². The molecule has 0 aromatic rings. The van der Waals surface area contributed by atoms with Gasteiger partial charge in [0.15, 0.2) is 0 Å². The van der Waals surface area contributed by atoms with Crippen LogP contribution in [0.15, 0.2) is 0 Å². The summed E-state index contributed by atoms with van der Waals surface area (Å²) in [5.41, 5.74) is 0. The molecule has 0 aromatic heterocycles. The Bertz CT molecular complexity index is 145. The van der Waals surface area contributed by atoms with Gasteiger partial charge in [0.25, 0.3) is 0 Å². The molecule has 0 amide bonds. The molecule has 1 fully saturated rings. The highest BCUT2D eigenvalue weighted by Crippen LogP contribution is 2.23. The molecule has 2 N–H and O–H groups in total. The fourth-order valence-electron chi connectivity index (χ4n) is 2.26. The van der Waals surface area contributed by atoms with Crippen LogP contribution in [0.2, 0.25) is 0 Å². The molecule has 1 aliphatic carbocycles. The second-order valence-electron chi connectivity index (χ2n) is 5.03. The largest absolute Gasteiger partial charge is 0.313 e. The Morgan fingerprint density at radius 1 is 1.21 bits per heavy atom. The average Bonchev–Trinajstić information content (AvgIpc) is 2.12. The first-order chi connectivity index (χ1) is 6.68. The van der Waals surface area contributed by atoms with E-state index in [0.29, 0.717) is 6.04 Å². The molecule has 0 heterocycles. The van der Waals surface area contributed by atoms with Gasteiger partial charge in [-0.15, -0.1) is 0 Å². The van der Waals surface area contributed by atoms with Crippen LogP contribution in [0.3, 0.4) is 0 Å². The maximum Gasteiger partial charge on any atom is 0.00794 e. The van der Waals surface area contributed by atoms with Gasteiger partial charge in [0, 0.05) is 25.2 Å². The summed E-state index contributed by atoms with van der Waals surface area (Å²) < 4.78 is 0. The summed E-state index contributed by atoms with van der Waals surface area (Å²) in [6.07, 6.45) is 5.60. The molecule has 0 aromatic carbocycles. The van der Waals surface area contributed by atoms with E-state index in [1.807, 2.05) is 0 Å². The minimum absolute atomic E-state index is 0.613. The highest BCUT2D eigenvalue weighted by molar-refractivity contribution is 4.75. The van der Waals surface area contributed by atoms with Crippen LogP contribution in [0, 0.1) is 5.92 Å². The molecule has 1 aliphatic rings. The third-order valence-corrected chi connectivity index (χ3v) is 3.05. The molecule has 1 rings (SSSR count). The zero-order valence-electron chi connectivity index (χ0n) is 9.97. The van der Waals surface area contributed by atoms with Gasteiger partial charge in [0.2, 0.25) is 0 Å². The van der Waals surface area contributed by atoms with E-state index >= 15 is 0 Å². The summed E-state index contributed by atoms with van der Waals surface area (Å²) in [7, 11) is 0. The van der Waals surface area contributed by atoms with Crippen LogP contribution >= 0.6 is 0 Å². The molecule has 2 nitrogen and oxygen atoms in total. The van der Waals surface area contributed by atoms with Crippen LogP contribution in [0.4, 0.5) is 0 Å². The molecule has 0 radical (unpaired) electrons. The molecule has 2 unspecified atom stereocenters. The van der Waals surface area contributed by atoms with Gasteiger partial charge in [0.05, 0.1) is 0 Å². The van der Waals surface area contributed by atoms with Gasteiger partial charge < -0.3 is 10.6 Å². The lowest BCUT2D eigenvalue weighted by Gasteiger charge is -2.27. The van der Waals surface area contributed by atoms with Crippen molar-refractivity contribution in [2.75, 3.05) is 13.1 Å². The first kappa shape index (κ1) is 12.0. The standard InChI is InChI=1S/C12H26N2/c1-10(2)13-7-8-14-12-6-4-5-11(3)9-12/h10-14H,4-9H2,1-3H3. The van der Waals surface area contributed by atoms with Crippen LogP contribution in [0.5, 0.6) is 0 Å². The fourth-order valence-corrected chi connectivity index (χ4v) is 2.26. The number of hydrogen-bond acceptors (Lipinski definition) is 2. The maximum absolute atomic E-state index is 3.64. The molecule has 2 heteroatoms. The van der Waals surface area contributed by atoms with E-state index in [-0.39, 0.29) is 0 Å². The van der Waals surface area contributed by atoms with Gasteiger partial charge in [-0.05, 0) is 18.8 Å². The Hall–Kier alpha value is -0.0800. The SMILES string of the molecule is CC1CCCC(NCCNC(C)C)C1. The zero-order valence-corrected chi connectivity index (χ0v) is 9.97. The second kappa shape index (κ2) is 6.41. The average molecular weight is 198 g/mol. The molecular weight excluding hydrogens is 172 g/mol. The Morgan fingerprint density at radius 3 is 2.64 bits per heavy atom. The number of nitrogens with one attached hydrogen (secondary N) is 2. The highest BCUT2D eigenvalue weighted by Gasteiger charge is 2.17. The van der Waals surface area contributed by atoms with E-state index < -0.39 is 0 Å². The van der Waals surface area contributed by atoms with Crippen LogP contribution in [0.25, 0.3) is 0 Å². The summed E-state index contributed by atoms with van der Waals surface area (Å²) in [5.74, 6) is 0.930. The Kier molecular flexibility index (Phi) is 5.49. The van der Waals surface area contributed by atoms with E-state index in [2.05, 4.69) is 31.4 Å². The topological polar surface area (TPSA) is 24.1 Å². The lowest BCUT2D eigenvalue weighted by Crippen LogP contribution is -2.39. The van der Waals surface area contributed by atoms with Crippen LogP contribution in [0.1, 0.15) is 46.5 Å². The van der Waals surface area contributed by atoms with Crippen molar-refractivity contribution in [2.24, 2.45) is 5.92 Å². The van der Waals surface area contributed by atoms with Crippen LogP contribution < -0.4 is 10.6 Å². The van der Waals surface area contributed by atoms with Gasteiger partial charge >= 0.3 is 0 Å². The molecular formula is C12H26N2. The smallest absolute Gasteiger partial charge is 0.00794 e. The number of hydrogen-bond donors (Lipinski definition) is 2. The van der Waals surface area contributed by atoms with Crippen molar-refractivity contribution in [1.82, 2.24) is 10.6 Å². The first-order valence-corrected chi connectivity index (χ1v) is 6.15. The van der Waals surface area contributed by atoms with E-state index in [1.165, 1.54) is 25.7 Å². The first-order valence-electron chi connectivity index (χ1n) is 6.15. The third kappa shape index (κ3) is 4.97. The zero-order chi connectivity index (χ0) is 10.4. The molecule has 84 valence electrons. The Labute approximate surface area is 88.8 Å². The summed E-state index contributed by atoms with van der Waals surface area (Å²) in [4.78, 5) is 0. The van der Waals surface area contributed by atoms with E-state index in [1.54, 1.807) is 0 Å². The van der Waals surface area contributed by atoms with Gasteiger partial charge in [0.1, 0.15) is 0 Å². The lowest BCUT2D eigenvalue weighted by molar-refractivity contribution is 0.301. The van der Waals surface area contributed by atoms with Crippen LogP contribution in [-0.4, -0.2) is 25.2 Å². The summed E-state index contributed by atoms with van der Waals surface area (Å²) in [5, 5.41) is 7.08. The van der Waals surface area contributed by atoms with E-state index in [0.717, 1.165) is 25.0 Å². The van der Waals surface area contributed by atoms with Gasteiger partial charge in [-0.3, -0.25) is 0 Å². The molecule has 0 bridgehead atoms. The molecule has 0 saturated heterocycles. The van der Waals surface area contributed by atoms with Crippen molar-refractivity contribution < 1.29 is 0 Å². The second-order valence-corrected chi connectivity index (χ2v) is 5.03. The molecule has 2 atom stereocenters. The maximum atomic E-state index is 3.64. The van der Waals surface area contributed by atoms with E-state index in [9.17, 15) is 0 Å². The fraction of sp³-hybridized carbons (Fsp3) is 1.00. The molecule has 1 saturated carbocycles. The van der Waals surface area contributed by atoms with Crippen LogP contribution in [-0.2, 0) is 0 Å².